The summed E-state index contributed by atoms with van der Waals surface area (Å²) < 4.78 is 19.2. The predicted octanol–water partition coefficient (Wildman–Crippen LogP) is 5.19. The second-order valence-electron chi connectivity index (χ2n) is 8.96. The first-order valence-electron chi connectivity index (χ1n) is 12.6. The Morgan fingerprint density at radius 1 is 1.07 bits per heavy atom. The lowest BCUT2D eigenvalue weighted by Gasteiger charge is -2.25. The molecular formula is C27H39Cl3FN5O4. The number of rotatable bonds is 11. The fourth-order valence-corrected chi connectivity index (χ4v) is 4.36. The summed E-state index contributed by atoms with van der Waals surface area (Å²) in [5, 5.41) is 2.72. The number of likely N-dealkylation sites (N-methyl/N-ethyl adjacent to an activating group) is 1. The number of carbonyl (C=O) groups is 3. The van der Waals surface area contributed by atoms with Crippen LogP contribution in [0.3, 0.4) is 0 Å². The summed E-state index contributed by atoms with van der Waals surface area (Å²) in [6.07, 6.45) is 2.24. The Morgan fingerprint density at radius 3 is 2.38 bits per heavy atom. The number of carbonyl (C=O) groups excluding carboxylic acids is 3. The highest BCUT2D eigenvalue weighted by Gasteiger charge is 2.30. The van der Waals surface area contributed by atoms with Crippen LogP contribution < -0.4 is 11.1 Å². The first-order valence-corrected chi connectivity index (χ1v) is 12.6. The van der Waals surface area contributed by atoms with Crippen molar-refractivity contribution in [2.24, 2.45) is 5.73 Å². The highest BCUT2D eigenvalue weighted by molar-refractivity contribution is 6.35. The van der Waals surface area contributed by atoms with Gasteiger partial charge in [0.15, 0.2) is 0 Å². The zero-order valence-electron chi connectivity index (χ0n) is 23.2. The van der Waals surface area contributed by atoms with Crippen LogP contribution in [0.2, 0.25) is 0 Å². The first-order chi connectivity index (χ1) is 17.7. The summed E-state index contributed by atoms with van der Waals surface area (Å²) in [7, 11) is 0. The van der Waals surface area contributed by atoms with E-state index in [1.165, 1.54) is 18.2 Å². The maximum atomic E-state index is 13.9. The molecule has 40 heavy (non-hydrogen) atoms. The monoisotopic (exact) mass is 621 g/mol. The zero-order chi connectivity index (χ0) is 27.1. The van der Waals surface area contributed by atoms with E-state index in [0.29, 0.717) is 53.3 Å². The number of amides is 3. The van der Waals surface area contributed by atoms with E-state index in [2.05, 4.69) is 15.2 Å². The molecule has 1 aromatic heterocycles. The van der Waals surface area contributed by atoms with Gasteiger partial charge in [0.1, 0.15) is 5.82 Å². The Bertz CT molecular complexity index is 1200. The van der Waals surface area contributed by atoms with E-state index in [-0.39, 0.29) is 61.9 Å². The van der Waals surface area contributed by atoms with Crippen LogP contribution in [0.1, 0.15) is 59.6 Å². The Hall–Kier alpha value is -2.63. The number of benzene rings is 1. The largest absolute Gasteiger partial charge is 0.449 e. The molecule has 9 nitrogen and oxygen atoms in total. The van der Waals surface area contributed by atoms with Crippen molar-refractivity contribution in [2.45, 2.75) is 40.5 Å². The molecule has 224 valence electrons. The number of imide groups is 1. The smallest absolute Gasteiger partial charge is 0.416 e. The lowest BCUT2D eigenvalue weighted by Crippen LogP contribution is -2.43. The van der Waals surface area contributed by atoms with E-state index >= 15 is 0 Å². The van der Waals surface area contributed by atoms with E-state index in [1.54, 1.807) is 19.9 Å². The van der Waals surface area contributed by atoms with Crippen molar-refractivity contribution >= 4 is 72.5 Å². The molecule has 4 N–H and O–H groups in total. The molecule has 0 atom stereocenters. The van der Waals surface area contributed by atoms with E-state index in [0.717, 1.165) is 24.4 Å². The van der Waals surface area contributed by atoms with Gasteiger partial charge in [0.05, 0.1) is 17.7 Å². The highest BCUT2D eigenvalue weighted by Crippen LogP contribution is 2.34. The standard InChI is InChI=1S/C27H36FN5O4.3ClH/c1-5-32(6-2)12-13-33(27(36)37-14-8-7-11-29)26(35)24-17(3)23(30-18(24)4)16-21-20-15-19(28)9-10-22(20)31-25(21)34;;;/h9-10,15-16,30H,5-8,11-14,29H2,1-4H3,(H,31,34);3*1H/b21-16-;;;. The molecule has 1 aromatic carbocycles. The minimum absolute atomic E-state index is 0. The van der Waals surface area contributed by atoms with Crippen molar-refractivity contribution in [3.8, 4) is 0 Å². The number of nitrogens with two attached hydrogens (primary N) is 1. The van der Waals surface area contributed by atoms with Gasteiger partial charge in [-0.15, -0.1) is 37.2 Å². The van der Waals surface area contributed by atoms with Crippen molar-refractivity contribution in [1.82, 2.24) is 14.8 Å². The minimum atomic E-state index is -0.700. The Labute approximate surface area is 253 Å². The number of aromatic nitrogens is 1. The summed E-state index contributed by atoms with van der Waals surface area (Å²) in [5.41, 5.74) is 8.77. The summed E-state index contributed by atoms with van der Waals surface area (Å²) in [6, 6.07) is 4.09. The third-order valence-corrected chi connectivity index (χ3v) is 6.57. The molecule has 13 heteroatoms. The average molecular weight is 623 g/mol. The molecule has 3 rings (SSSR count). The van der Waals surface area contributed by atoms with Gasteiger partial charge in [-0.1, -0.05) is 13.8 Å². The number of aryl methyl sites for hydroxylation is 1. The van der Waals surface area contributed by atoms with Gasteiger partial charge in [-0.3, -0.25) is 9.59 Å². The first kappa shape index (κ1) is 37.4. The SMILES string of the molecule is CCN(CC)CCN(C(=O)OCCCCN)C(=O)c1c(C)[nH]c(/C=C2\C(=O)Nc3ccc(F)cc32)c1C.Cl.Cl.Cl. The molecule has 3 amide bonds. The van der Waals surface area contributed by atoms with Gasteiger partial charge >= 0.3 is 6.09 Å². The number of anilines is 1. The molecule has 2 heterocycles. The number of aromatic amines is 1. The quantitative estimate of drug-likeness (QED) is 0.234. The number of H-pyrrole nitrogens is 1. The summed E-state index contributed by atoms with van der Waals surface area (Å²) in [4.78, 5) is 45.6. The van der Waals surface area contributed by atoms with E-state index < -0.39 is 17.8 Å². The van der Waals surface area contributed by atoms with Gasteiger partial charge in [0.25, 0.3) is 11.8 Å². The van der Waals surface area contributed by atoms with E-state index in [9.17, 15) is 18.8 Å². The van der Waals surface area contributed by atoms with Crippen LogP contribution in [0.15, 0.2) is 18.2 Å². The van der Waals surface area contributed by atoms with Gasteiger partial charge in [-0.25, -0.2) is 14.1 Å². The fourth-order valence-electron chi connectivity index (χ4n) is 4.36. The maximum Gasteiger partial charge on any atom is 0.416 e. The topological polar surface area (TPSA) is 121 Å². The number of nitrogens with one attached hydrogen (secondary N) is 2. The molecular weight excluding hydrogens is 584 g/mol. The highest BCUT2D eigenvalue weighted by atomic mass is 35.5. The molecule has 0 unspecified atom stereocenters. The van der Waals surface area contributed by atoms with Gasteiger partial charge < -0.3 is 25.7 Å². The number of hydrogen-bond donors (Lipinski definition) is 3. The van der Waals surface area contributed by atoms with Crippen molar-refractivity contribution in [1.29, 1.82) is 0 Å². The molecule has 0 saturated heterocycles. The second-order valence-corrected chi connectivity index (χ2v) is 8.96. The summed E-state index contributed by atoms with van der Waals surface area (Å²) in [5.74, 6) is -1.29. The van der Waals surface area contributed by atoms with Crippen molar-refractivity contribution < 1.29 is 23.5 Å². The van der Waals surface area contributed by atoms with Crippen LogP contribution in [-0.4, -0.2) is 72.0 Å². The molecule has 0 saturated carbocycles. The Morgan fingerprint density at radius 2 is 1.75 bits per heavy atom. The molecule has 2 aromatic rings. The van der Waals surface area contributed by atoms with Gasteiger partial charge in [-0.05, 0) is 76.2 Å². The molecule has 0 fully saturated rings. The molecule has 0 bridgehead atoms. The maximum absolute atomic E-state index is 13.9. The van der Waals surface area contributed by atoms with Gasteiger partial charge in [0, 0.05) is 35.7 Å². The average Bonchev–Trinajstić information content (AvgIpc) is 3.33. The van der Waals surface area contributed by atoms with E-state index in [4.69, 9.17) is 10.5 Å². The second kappa shape index (κ2) is 17.2. The Kier molecular flexibility index (Phi) is 16.1. The number of nitrogens with zero attached hydrogens (tertiary/aromatic N) is 2. The number of halogens is 4. The Balaban J connectivity index is 0.00000507. The molecule has 0 aliphatic carbocycles. The van der Waals surface area contributed by atoms with Crippen LogP contribution in [0.4, 0.5) is 14.9 Å². The molecule has 0 spiro atoms. The number of unbranched alkanes of at least 4 members (excludes halogenated alkanes) is 1. The predicted molar refractivity (Wildman–Crippen MR) is 163 cm³/mol. The van der Waals surface area contributed by atoms with Gasteiger partial charge in [0.2, 0.25) is 0 Å². The van der Waals surface area contributed by atoms with Crippen molar-refractivity contribution in [2.75, 3.05) is 44.6 Å². The number of hydrogen-bond acceptors (Lipinski definition) is 6. The zero-order valence-corrected chi connectivity index (χ0v) is 25.6. The van der Waals surface area contributed by atoms with Crippen LogP contribution >= 0.6 is 37.2 Å². The van der Waals surface area contributed by atoms with Crippen LogP contribution in [-0.2, 0) is 9.53 Å². The van der Waals surface area contributed by atoms with Gasteiger partial charge in [-0.2, -0.15) is 0 Å². The van der Waals surface area contributed by atoms with E-state index in [1.807, 2.05) is 13.8 Å². The number of ether oxygens (including phenoxy) is 1. The molecule has 0 radical (unpaired) electrons. The molecule has 1 aliphatic heterocycles. The third-order valence-electron chi connectivity index (χ3n) is 6.57. The van der Waals surface area contributed by atoms with Crippen LogP contribution in [0.25, 0.3) is 11.6 Å². The summed E-state index contributed by atoms with van der Waals surface area (Å²) in [6.45, 7) is 10.5. The van der Waals surface area contributed by atoms with Crippen molar-refractivity contribution in [3.05, 3.63) is 52.1 Å². The van der Waals surface area contributed by atoms with Crippen LogP contribution in [0, 0.1) is 19.7 Å². The van der Waals surface area contributed by atoms with Crippen molar-refractivity contribution in [3.63, 3.8) is 0 Å². The normalized spacial score (nSPS) is 12.7. The third kappa shape index (κ3) is 8.68. The lowest BCUT2D eigenvalue weighted by molar-refractivity contribution is -0.110. The minimum Gasteiger partial charge on any atom is -0.449 e. The fraction of sp³-hybridized carbons (Fsp3) is 0.444. The summed E-state index contributed by atoms with van der Waals surface area (Å²) >= 11 is 0. The lowest BCUT2D eigenvalue weighted by atomic mass is 10.0. The van der Waals surface area contributed by atoms with Crippen LogP contribution in [0.5, 0.6) is 0 Å². The number of fused-ring (bicyclic) bond motifs is 1. The molecule has 1 aliphatic rings.